The number of aromatic nitrogens is 4. The molecule has 146 valence electrons. The lowest BCUT2D eigenvalue weighted by atomic mass is 10.1. The van der Waals surface area contributed by atoms with E-state index in [1.165, 1.54) is 10.7 Å². The molecule has 0 aliphatic rings. The topological polar surface area (TPSA) is 72.7 Å². The van der Waals surface area contributed by atoms with Gasteiger partial charge in [0.25, 0.3) is 0 Å². The fourth-order valence-corrected chi connectivity index (χ4v) is 3.18. The quantitative estimate of drug-likeness (QED) is 0.572. The highest BCUT2D eigenvalue weighted by atomic mass is 35.5. The molecular formula is C16H10Cl2F3N5OS. The molecule has 3 aromatic rings. The van der Waals surface area contributed by atoms with Gasteiger partial charge in [0, 0.05) is 10.0 Å². The Balaban J connectivity index is 1.70. The minimum absolute atomic E-state index is 0.0816. The second kappa shape index (κ2) is 8.38. The number of benzene rings is 2. The van der Waals surface area contributed by atoms with E-state index in [2.05, 4.69) is 20.8 Å². The lowest BCUT2D eigenvalue weighted by Gasteiger charge is -2.14. The maximum atomic E-state index is 13.1. The average Bonchev–Trinajstić information content (AvgIpc) is 3.10. The first kappa shape index (κ1) is 20.4. The third-order valence-corrected chi connectivity index (χ3v) is 4.81. The van der Waals surface area contributed by atoms with Crippen molar-refractivity contribution in [3.05, 3.63) is 58.1 Å². The van der Waals surface area contributed by atoms with E-state index in [4.69, 9.17) is 23.2 Å². The monoisotopic (exact) mass is 447 g/mol. The average molecular weight is 448 g/mol. The van der Waals surface area contributed by atoms with Gasteiger partial charge in [-0.3, -0.25) is 4.79 Å². The third-order valence-electron chi connectivity index (χ3n) is 3.41. The first-order chi connectivity index (χ1) is 13.2. The van der Waals surface area contributed by atoms with Crippen LogP contribution in [0.1, 0.15) is 5.56 Å². The first-order valence-electron chi connectivity index (χ1n) is 7.58. The SMILES string of the molecule is O=C(CSc1nnnn1-c1ccc(Cl)cc1)Nc1ccc(Cl)cc1C(F)(F)F. The van der Waals surface area contributed by atoms with Crippen LogP contribution in [0.25, 0.3) is 5.69 Å². The van der Waals surface area contributed by atoms with Crippen LogP contribution < -0.4 is 5.32 Å². The number of thioether (sulfide) groups is 1. The molecule has 0 saturated heterocycles. The Morgan fingerprint density at radius 1 is 1.11 bits per heavy atom. The summed E-state index contributed by atoms with van der Waals surface area (Å²) in [4.78, 5) is 12.1. The number of rotatable bonds is 5. The molecule has 12 heteroatoms. The van der Waals surface area contributed by atoms with Gasteiger partial charge in [-0.25, -0.2) is 0 Å². The van der Waals surface area contributed by atoms with E-state index in [0.717, 1.165) is 23.9 Å². The Labute approximate surface area is 171 Å². The Bertz CT molecular complexity index is 995. The first-order valence-corrected chi connectivity index (χ1v) is 9.32. The second-order valence-electron chi connectivity index (χ2n) is 5.37. The van der Waals surface area contributed by atoms with Crippen molar-refractivity contribution < 1.29 is 18.0 Å². The molecule has 0 fully saturated rings. The van der Waals surface area contributed by atoms with E-state index < -0.39 is 17.6 Å². The number of carbonyl (C=O) groups is 1. The molecule has 0 radical (unpaired) electrons. The van der Waals surface area contributed by atoms with Gasteiger partial charge in [-0.05, 0) is 52.9 Å². The van der Waals surface area contributed by atoms with Crippen molar-refractivity contribution >= 4 is 46.6 Å². The van der Waals surface area contributed by atoms with E-state index in [0.29, 0.717) is 15.9 Å². The number of tetrazole rings is 1. The van der Waals surface area contributed by atoms with Crippen LogP contribution in [0.5, 0.6) is 0 Å². The summed E-state index contributed by atoms with van der Waals surface area (Å²) < 4.78 is 40.7. The number of alkyl halides is 3. The summed E-state index contributed by atoms with van der Waals surface area (Å²) in [6, 6.07) is 9.80. The standard InChI is InChI=1S/C16H10Cl2F3N5OS/c17-9-1-4-11(5-2-9)26-15(23-24-25-26)28-8-14(27)22-13-6-3-10(18)7-12(13)16(19,20)21/h1-7H,8H2,(H,22,27). The van der Waals surface area contributed by atoms with Crippen molar-refractivity contribution in [2.75, 3.05) is 11.1 Å². The smallest absolute Gasteiger partial charge is 0.325 e. The zero-order valence-corrected chi connectivity index (χ0v) is 16.1. The highest BCUT2D eigenvalue weighted by molar-refractivity contribution is 7.99. The molecule has 0 aliphatic carbocycles. The van der Waals surface area contributed by atoms with Gasteiger partial charge in [0.2, 0.25) is 11.1 Å². The number of halogens is 5. The molecule has 0 bridgehead atoms. The molecule has 3 rings (SSSR count). The van der Waals surface area contributed by atoms with Gasteiger partial charge >= 0.3 is 6.18 Å². The van der Waals surface area contributed by atoms with Crippen LogP contribution >= 0.6 is 35.0 Å². The number of nitrogens with zero attached hydrogens (tertiary/aromatic N) is 4. The Kier molecular flexibility index (Phi) is 6.11. The third kappa shape index (κ3) is 4.94. The molecule has 1 aromatic heterocycles. The summed E-state index contributed by atoms with van der Waals surface area (Å²) in [6.07, 6.45) is -4.65. The van der Waals surface area contributed by atoms with Crippen LogP contribution in [0.15, 0.2) is 47.6 Å². The number of hydrogen-bond acceptors (Lipinski definition) is 5. The summed E-state index contributed by atoms with van der Waals surface area (Å²) in [5, 5.41) is 14.2. The van der Waals surface area contributed by atoms with E-state index in [1.54, 1.807) is 24.3 Å². The molecule has 0 unspecified atom stereocenters. The van der Waals surface area contributed by atoms with Crippen LogP contribution in [0.4, 0.5) is 18.9 Å². The Morgan fingerprint density at radius 2 is 1.79 bits per heavy atom. The van der Waals surface area contributed by atoms with Gasteiger partial charge in [-0.2, -0.15) is 17.9 Å². The number of hydrogen-bond donors (Lipinski definition) is 1. The molecule has 1 heterocycles. The highest BCUT2D eigenvalue weighted by Gasteiger charge is 2.34. The largest absolute Gasteiger partial charge is 0.418 e. The summed E-state index contributed by atoms with van der Waals surface area (Å²) in [7, 11) is 0. The lowest BCUT2D eigenvalue weighted by Crippen LogP contribution is -2.18. The van der Waals surface area contributed by atoms with Crippen LogP contribution in [0.2, 0.25) is 10.0 Å². The number of anilines is 1. The van der Waals surface area contributed by atoms with Crippen molar-refractivity contribution in [2.24, 2.45) is 0 Å². The van der Waals surface area contributed by atoms with Gasteiger partial charge in [0.15, 0.2) is 0 Å². The number of amides is 1. The Morgan fingerprint density at radius 3 is 2.46 bits per heavy atom. The van der Waals surface area contributed by atoms with Gasteiger partial charge in [0.05, 0.1) is 22.7 Å². The normalized spacial score (nSPS) is 11.5. The minimum atomic E-state index is -4.65. The van der Waals surface area contributed by atoms with Crippen LogP contribution in [-0.2, 0) is 11.0 Å². The van der Waals surface area contributed by atoms with Crippen molar-refractivity contribution in [3.8, 4) is 5.69 Å². The van der Waals surface area contributed by atoms with Crippen LogP contribution in [0, 0.1) is 0 Å². The molecule has 2 aromatic carbocycles. The summed E-state index contributed by atoms with van der Waals surface area (Å²) in [6.45, 7) is 0. The minimum Gasteiger partial charge on any atom is -0.325 e. The molecule has 1 N–H and O–H groups in total. The van der Waals surface area contributed by atoms with Gasteiger partial charge in [0.1, 0.15) is 0 Å². The molecule has 1 amide bonds. The Hall–Kier alpha value is -2.30. The molecule has 0 saturated carbocycles. The summed E-state index contributed by atoms with van der Waals surface area (Å²) in [5.41, 5.74) is -0.779. The molecule has 28 heavy (non-hydrogen) atoms. The van der Waals surface area contributed by atoms with Crippen molar-refractivity contribution in [3.63, 3.8) is 0 Å². The molecule has 6 nitrogen and oxygen atoms in total. The zero-order valence-electron chi connectivity index (χ0n) is 13.7. The van der Waals surface area contributed by atoms with Crippen molar-refractivity contribution in [1.82, 2.24) is 20.2 Å². The van der Waals surface area contributed by atoms with Crippen molar-refractivity contribution in [1.29, 1.82) is 0 Å². The summed E-state index contributed by atoms with van der Waals surface area (Å²) in [5.74, 6) is -0.850. The molecule has 0 spiro atoms. The van der Waals surface area contributed by atoms with Crippen molar-refractivity contribution in [2.45, 2.75) is 11.3 Å². The van der Waals surface area contributed by atoms with Crippen LogP contribution in [0.3, 0.4) is 0 Å². The molecule has 0 atom stereocenters. The molecule has 0 aliphatic heterocycles. The predicted molar refractivity (Wildman–Crippen MR) is 100.0 cm³/mol. The van der Waals surface area contributed by atoms with E-state index in [9.17, 15) is 18.0 Å². The molecular weight excluding hydrogens is 438 g/mol. The predicted octanol–water partition coefficient (Wildman–Crippen LogP) is 4.72. The number of nitrogens with one attached hydrogen (secondary N) is 1. The maximum Gasteiger partial charge on any atom is 0.418 e. The highest BCUT2D eigenvalue weighted by Crippen LogP contribution is 2.36. The maximum absolute atomic E-state index is 13.1. The second-order valence-corrected chi connectivity index (χ2v) is 7.19. The fraction of sp³-hybridized carbons (Fsp3) is 0.125. The summed E-state index contributed by atoms with van der Waals surface area (Å²) >= 11 is 12.4. The number of carbonyl (C=O) groups excluding carboxylic acids is 1. The van der Waals surface area contributed by atoms with Crippen LogP contribution in [-0.4, -0.2) is 31.9 Å². The van der Waals surface area contributed by atoms with E-state index >= 15 is 0 Å². The van der Waals surface area contributed by atoms with E-state index in [-0.39, 0.29) is 16.5 Å². The lowest BCUT2D eigenvalue weighted by molar-refractivity contribution is -0.137. The van der Waals surface area contributed by atoms with Gasteiger partial charge in [-0.15, -0.1) is 5.10 Å². The van der Waals surface area contributed by atoms with Gasteiger partial charge in [-0.1, -0.05) is 35.0 Å². The van der Waals surface area contributed by atoms with Gasteiger partial charge < -0.3 is 5.32 Å². The zero-order chi connectivity index (χ0) is 20.3. The van der Waals surface area contributed by atoms with E-state index in [1.807, 2.05) is 0 Å². The fourth-order valence-electron chi connectivity index (χ4n) is 2.19.